The van der Waals surface area contributed by atoms with Crippen LogP contribution < -0.4 is 4.90 Å². The van der Waals surface area contributed by atoms with E-state index >= 15 is 0 Å². The molecule has 0 radical (unpaired) electrons. The topological polar surface area (TPSA) is 55.8 Å². The van der Waals surface area contributed by atoms with E-state index < -0.39 is 6.09 Å². The number of ether oxygens (including phenoxy) is 2. The van der Waals surface area contributed by atoms with E-state index in [0.29, 0.717) is 17.2 Å². The minimum atomic E-state index is -0.515. The number of thiophene rings is 1. The van der Waals surface area contributed by atoms with E-state index in [4.69, 9.17) is 9.47 Å². The van der Waals surface area contributed by atoms with Crippen molar-refractivity contribution in [2.75, 3.05) is 24.7 Å². The van der Waals surface area contributed by atoms with Crippen LogP contribution in [0.25, 0.3) is 0 Å². The van der Waals surface area contributed by atoms with Crippen molar-refractivity contribution in [2.24, 2.45) is 0 Å². The maximum atomic E-state index is 12.5. The van der Waals surface area contributed by atoms with Crippen LogP contribution in [0.15, 0.2) is 25.3 Å². The molecule has 0 aliphatic heterocycles. The molecule has 0 saturated carbocycles. The van der Waals surface area contributed by atoms with Gasteiger partial charge in [-0.25, -0.2) is 9.59 Å². The first-order valence-corrected chi connectivity index (χ1v) is 8.93. The Labute approximate surface area is 146 Å². The number of carbonyl (C=O) groups is 2. The van der Waals surface area contributed by atoms with Crippen LogP contribution in [0.1, 0.15) is 40.6 Å². The van der Waals surface area contributed by atoms with Crippen LogP contribution in [-0.4, -0.2) is 31.8 Å². The first-order chi connectivity index (χ1) is 11.6. The molecule has 0 spiro atoms. The Morgan fingerprint density at radius 2 is 1.96 bits per heavy atom. The van der Waals surface area contributed by atoms with Crippen LogP contribution in [-0.2, 0) is 22.3 Å². The normalized spacial score (nSPS) is 12.9. The van der Waals surface area contributed by atoms with Gasteiger partial charge in [0, 0.05) is 11.4 Å². The Morgan fingerprint density at radius 3 is 2.62 bits per heavy atom. The van der Waals surface area contributed by atoms with Gasteiger partial charge in [-0.3, -0.25) is 4.90 Å². The van der Waals surface area contributed by atoms with Crippen LogP contribution >= 0.6 is 11.3 Å². The van der Waals surface area contributed by atoms with Crippen molar-refractivity contribution in [3.05, 3.63) is 41.3 Å². The monoisotopic (exact) mass is 349 g/mol. The van der Waals surface area contributed by atoms with Gasteiger partial charge < -0.3 is 9.47 Å². The Morgan fingerprint density at radius 1 is 1.21 bits per heavy atom. The first-order valence-electron chi connectivity index (χ1n) is 8.11. The smallest absolute Gasteiger partial charge is 0.415 e. The quantitative estimate of drug-likeness (QED) is 0.549. The molecule has 0 unspecified atom stereocenters. The number of rotatable bonds is 7. The molecule has 0 aromatic carbocycles. The molecule has 0 N–H and O–H groups in total. The maximum Gasteiger partial charge on any atom is 0.415 e. The molecule has 1 heterocycles. The summed E-state index contributed by atoms with van der Waals surface area (Å²) in [5, 5.41) is 0.592. The van der Waals surface area contributed by atoms with Gasteiger partial charge in [-0.15, -0.1) is 17.9 Å². The van der Waals surface area contributed by atoms with Crippen LogP contribution in [0, 0.1) is 0 Å². The summed E-state index contributed by atoms with van der Waals surface area (Å²) < 4.78 is 10.4. The van der Waals surface area contributed by atoms with E-state index in [-0.39, 0.29) is 19.1 Å². The van der Waals surface area contributed by atoms with Gasteiger partial charge in [-0.05, 0) is 38.2 Å². The summed E-state index contributed by atoms with van der Waals surface area (Å²) in [6.07, 6.45) is 6.51. The largest absolute Gasteiger partial charge is 0.462 e. The van der Waals surface area contributed by atoms with Gasteiger partial charge in [0.15, 0.2) is 0 Å². The van der Waals surface area contributed by atoms with Gasteiger partial charge in [0.1, 0.15) is 11.6 Å². The summed E-state index contributed by atoms with van der Waals surface area (Å²) >= 11 is 1.48. The van der Waals surface area contributed by atoms with Gasteiger partial charge >= 0.3 is 12.1 Å². The van der Waals surface area contributed by atoms with Crippen LogP contribution in [0.4, 0.5) is 9.80 Å². The number of anilines is 1. The highest BCUT2D eigenvalue weighted by Crippen LogP contribution is 2.41. The Balaban J connectivity index is 2.46. The van der Waals surface area contributed by atoms with Gasteiger partial charge in [0.25, 0.3) is 0 Å². The highest BCUT2D eigenvalue weighted by Gasteiger charge is 2.31. The molecule has 1 amide bonds. The Kier molecular flexibility index (Phi) is 6.61. The van der Waals surface area contributed by atoms with Crippen molar-refractivity contribution in [3.8, 4) is 0 Å². The summed E-state index contributed by atoms with van der Waals surface area (Å²) in [5.41, 5.74) is 1.53. The second-order valence-electron chi connectivity index (χ2n) is 5.38. The number of amides is 1. The van der Waals surface area contributed by atoms with E-state index in [1.54, 1.807) is 13.0 Å². The van der Waals surface area contributed by atoms with Crippen LogP contribution in [0.5, 0.6) is 0 Å². The number of nitrogens with zero attached hydrogens (tertiary/aromatic N) is 1. The van der Waals surface area contributed by atoms with E-state index in [2.05, 4.69) is 13.2 Å². The highest BCUT2D eigenvalue weighted by atomic mass is 32.1. The third kappa shape index (κ3) is 3.87. The fourth-order valence-corrected chi connectivity index (χ4v) is 4.11. The fourth-order valence-electron chi connectivity index (χ4n) is 2.73. The molecule has 130 valence electrons. The second kappa shape index (κ2) is 8.68. The molecule has 1 aromatic rings. The number of carbonyl (C=O) groups excluding carboxylic acids is 2. The summed E-state index contributed by atoms with van der Waals surface area (Å²) in [5.74, 6) is -0.377. The molecule has 0 bridgehead atoms. The lowest BCUT2D eigenvalue weighted by atomic mass is 9.95. The van der Waals surface area contributed by atoms with E-state index in [1.807, 2.05) is 0 Å². The summed E-state index contributed by atoms with van der Waals surface area (Å²) in [6.45, 7) is 9.70. The lowest BCUT2D eigenvalue weighted by Gasteiger charge is -2.20. The lowest BCUT2D eigenvalue weighted by molar-refractivity contribution is 0.0526. The van der Waals surface area contributed by atoms with Gasteiger partial charge in [0.2, 0.25) is 0 Å². The van der Waals surface area contributed by atoms with Crippen molar-refractivity contribution in [3.63, 3.8) is 0 Å². The third-order valence-corrected chi connectivity index (χ3v) is 5.05. The molecular weight excluding hydrogens is 326 g/mol. The molecule has 0 saturated heterocycles. The standard InChI is InChI=1S/C18H23NO4S/c1-4-11-19(18(21)23-12-5-2)16-15(17(20)22-6-3)13-9-7-8-10-14(13)24-16/h4-5H,1-2,6-12H2,3H3. The SMILES string of the molecule is C=CCOC(=O)N(CC=C)c1sc2c(c1C(=O)OCC)CCCC2. The molecule has 0 fully saturated rings. The highest BCUT2D eigenvalue weighted by molar-refractivity contribution is 7.17. The number of fused-ring (bicyclic) bond motifs is 1. The van der Waals surface area contributed by atoms with Gasteiger partial charge in [0.05, 0.1) is 12.2 Å². The minimum absolute atomic E-state index is 0.117. The molecule has 1 aromatic heterocycles. The first kappa shape index (κ1) is 18.3. The number of esters is 1. The molecule has 0 atom stereocenters. The zero-order chi connectivity index (χ0) is 17.5. The Bertz CT molecular complexity index is 635. The van der Waals surface area contributed by atoms with Crippen molar-refractivity contribution >= 4 is 28.4 Å². The third-order valence-electron chi connectivity index (χ3n) is 3.73. The van der Waals surface area contributed by atoms with E-state index in [1.165, 1.54) is 22.3 Å². The average molecular weight is 349 g/mol. The zero-order valence-electron chi connectivity index (χ0n) is 14.0. The Hall–Kier alpha value is -2.08. The van der Waals surface area contributed by atoms with E-state index in [9.17, 15) is 9.59 Å². The van der Waals surface area contributed by atoms with Gasteiger partial charge in [-0.2, -0.15) is 0 Å². The summed E-state index contributed by atoms with van der Waals surface area (Å²) in [7, 11) is 0. The van der Waals surface area contributed by atoms with Crippen molar-refractivity contribution in [1.82, 2.24) is 0 Å². The molecular formula is C18H23NO4S. The number of hydrogen-bond acceptors (Lipinski definition) is 5. The van der Waals surface area contributed by atoms with Crippen molar-refractivity contribution in [2.45, 2.75) is 32.6 Å². The molecule has 2 rings (SSSR count). The summed E-state index contributed by atoms with van der Waals surface area (Å²) in [4.78, 5) is 27.5. The number of hydrogen-bond donors (Lipinski definition) is 0. The average Bonchev–Trinajstić information content (AvgIpc) is 2.96. The number of aryl methyl sites for hydroxylation is 1. The lowest BCUT2D eigenvalue weighted by Crippen LogP contribution is -2.32. The minimum Gasteiger partial charge on any atom is -0.462 e. The van der Waals surface area contributed by atoms with Gasteiger partial charge in [-0.1, -0.05) is 18.7 Å². The molecule has 24 heavy (non-hydrogen) atoms. The molecule has 1 aliphatic rings. The molecule has 6 heteroatoms. The molecule has 5 nitrogen and oxygen atoms in total. The van der Waals surface area contributed by atoms with E-state index in [0.717, 1.165) is 36.1 Å². The van der Waals surface area contributed by atoms with Crippen molar-refractivity contribution in [1.29, 1.82) is 0 Å². The van der Waals surface area contributed by atoms with Crippen LogP contribution in [0.3, 0.4) is 0 Å². The van der Waals surface area contributed by atoms with Crippen LogP contribution in [0.2, 0.25) is 0 Å². The molecule has 1 aliphatic carbocycles. The maximum absolute atomic E-state index is 12.5. The summed E-state index contributed by atoms with van der Waals surface area (Å²) in [6, 6.07) is 0. The fraction of sp³-hybridized carbons (Fsp3) is 0.444. The zero-order valence-corrected chi connectivity index (χ0v) is 14.8. The predicted molar refractivity (Wildman–Crippen MR) is 96.0 cm³/mol. The predicted octanol–water partition coefficient (Wildman–Crippen LogP) is 4.12. The van der Waals surface area contributed by atoms with Crippen molar-refractivity contribution < 1.29 is 19.1 Å². The second-order valence-corrected chi connectivity index (χ2v) is 6.46.